The summed E-state index contributed by atoms with van der Waals surface area (Å²) >= 11 is 0. The van der Waals surface area contributed by atoms with E-state index < -0.39 is 0 Å². The predicted octanol–water partition coefficient (Wildman–Crippen LogP) is 3.73. The molecule has 0 radical (unpaired) electrons. The van der Waals surface area contributed by atoms with Crippen molar-refractivity contribution < 1.29 is 18.7 Å². The van der Waals surface area contributed by atoms with Crippen LogP contribution in [0.3, 0.4) is 0 Å². The lowest BCUT2D eigenvalue weighted by atomic mass is 10.2. The second-order valence-corrected chi connectivity index (χ2v) is 5.55. The van der Waals surface area contributed by atoms with E-state index >= 15 is 0 Å². The summed E-state index contributed by atoms with van der Waals surface area (Å²) in [6.07, 6.45) is 1.44. The monoisotopic (exact) mass is 365 g/mol. The molecule has 0 aliphatic rings. The van der Waals surface area contributed by atoms with Gasteiger partial charge in [0.2, 0.25) is 0 Å². The van der Waals surface area contributed by atoms with Crippen molar-refractivity contribution >= 4 is 23.3 Å². The molecule has 0 unspecified atom stereocenters. The lowest BCUT2D eigenvalue weighted by Crippen LogP contribution is -2.32. The molecule has 0 atom stereocenters. The lowest BCUT2D eigenvalue weighted by Gasteiger charge is -2.10. The van der Waals surface area contributed by atoms with Crippen LogP contribution in [0.4, 0.5) is 16.2 Å². The molecular formula is C20H19N3O4. The minimum atomic E-state index is -0.336. The standard InChI is InChI=1S/C20H19N3O4/c24-19(18-7-4-13-27-18)22-15-8-10-16(11-9-15)23-20(25)21-12-14-26-17-5-2-1-3-6-17/h1-11,13H,12,14H2,(H,22,24)(H2,21,23,25). The number of nitrogens with one attached hydrogen (secondary N) is 3. The van der Waals surface area contributed by atoms with E-state index in [1.54, 1.807) is 36.4 Å². The van der Waals surface area contributed by atoms with E-state index in [4.69, 9.17) is 9.15 Å². The molecule has 0 saturated heterocycles. The number of anilines is 2. The summed E-state index contributed by atoms with van der Waals surface area (Å²) in [6, 6.07) is 19.0. The number of carbonyl (C=O) groups excluding carboxylic acids is 2. The highest BCUT2D eigenvalue weighted by Crippen LogP contribution is 2.15. The number of para-hydroxylation sites is 1. The largest absolute Gasteiger partial charge is 0.492 e. The number of urea groups is 1. The van der Waals surface area contributed by atoms with E-state index in [1.165, 1.54) is 6.26 Å². The summed E-state index contributed by atoms with van der Waals surface area (Å²) in [5.74, 6) is 0.651. The highest BCUT2D eigenvalue weighted by Gasteiger charge is 2.08. The molecular weight excluding hydrogens is 346 g/mol. The molecule has 7 heteroatoms. The van der Waals surface area contributed by atoms with E-state index in [1.807, 2.05) is 30.3 Å². The van der Waals surface area contributed by atoms with Gasteiger partial charge in [-0.3, -0.25) is 4.79 Å². The van der Waals surface area contributed by atoms with Crippen LogP contribution in [-0.2, 0) is 0 Å². The molecule has 7 nitrogen and oxygen atoms in total. The number of benzene rings is 2. The maximum atomic E-state index is 11.9. The van der Waals surface area contributed by atoms with E-state index in [2.05, 4.69) is 16.0 Å². The normalized spacial score (nSPS) is 10.1. The van der Waals surface area contributed by atoms with Crippen molar-refractivity contribution in [3.8, 4) is 5.75 Å². The Morgan fingerprint density at radius 1 is 0.852 bits per heavy atom. The van der Waals surface area contributed by atoms with Crippen LogP contribution >= 0.6 is 0 Å². The van der Waals surface area contributed by atoms with Crippen molar-refractivity contribution in [2.45, 2.75) is 0 Å². The number of hydrogen-bond acceptors (Lipinski definition) is 4. The molecule has 3 aromatic rings. The fourth-order valence-electron chi connectivity index (χ4n) is 2.26. The lowest BCUT2D eigenvalue weighted by molar-refractivity contribution is 0.0996. The van der Waals surface area contributed by atoms with Crippen molar-refractivity contribution in [1.82, 2.24) is 5.32 Å². The molecule has 2 aromatic carbocycles. The number of ether oxygens (including phenoxy) is 1. The van der Waals surface area contributed by atoms with Crippen LogP contribution < -0.4 is 20.7 Å². The summed E-state index contributed by atoms with van der Waals surface area (Å²) in [5, 5.41) is 8.13. The Balaban J connectivity index is 1.39. The molecule has 3 N–H and O–H groups in total. The van der Waals surface area contributed by atoms with Gasteiger partial charge in [-0.1, -0.05) is 18.2 Å². The molecule has 0 fully saturated rings. The zero-order valence-electron chi connectivity index (χ0n) is 14.5. The fourth-order valence-corrected chi connectivity index (χ4v) is 2.26. The van der Waals surface area contributed by atoms with Crippen LogP contribution in [0, 0.1) is 0 Å². The molecule has 0 aliphatic carbocycles. The summed E-state index contributed by atoms with van der Waals surface area (Å²) in [5.41, 5.74) is 1.20. The quantitative estimate of drug-likeness (QED) is 0.556. The Bertz CT molecular complexity index is 862. The molecule has 1 aromatic heterocycles. The van der Waals surface area contributed by atoms with Crippen molar-refractivity contribution in [1.29, 1.82) is 0 Å². The minimum Gasteiger partial charge on any atom is -0.492 e. The van der Waals surface area contributed by atoms with Crippen LogP contribution in [0.5, 0.6) is 5.75 Å². The first-order valence-corrected chi connectivity index (χ1v) is 8.38. The van der Waals surface area contributed by atoms with Gasteiger partial charge < -0.3 is 25.1 Å². The summed E-state index contributed by atoms with van der Waals surface area (Å²) in [4.78, 5) is 23.8. The molecule has 3 amide bonds. The summed E-state index contributed by atoms with van der Waals surface area (Å²) < 4.78 is 10.5. The predicted molar refractivity (Wildman–Crippen MR) is 102 cm³/mol. The molecule has 0 spiro atoms. The highest BCUT2D eigenvalue weighted by atomic mass is 16.5. The SMILES string of the molecule is O=C(NCCOc1ccccc1)Nc1ccc(NC(=O)c2ccco2)cc1. The van der Waals surface area contributed by atoms with Gasteiger partial charge in [0.15, 0.2) is 5.76 Å². The summed E-state index contributed by atoms with van der Waals surface area (Å²) in [6.45, 7) is 0.743. The third-order valence-electron chi connectivity index (χ3n) is 3.55. The van der Waals surface area contributed by atoms with Gasteiger partial charge in [0.25, 0.3) is 5.91 Å². The smallest absolute Gasteiger partial charge is 0.319 e. The van der Waals surface area contributed by atoms with Gasteiger partial charge in [-0.15, -0.1) is 0 Å². The maximum absolute atomic E-state index is 11.9. The van der Waals surface area contributed by atoms with E-state index in [0.717, 1.165) is 5.75 Å². The fraction of sp³-hybridized carbons (Fsp3) is 0.100. The van der Waals surface area contributed by atoms with Crippen LogP contribution in [0.15, 0.2) is 77.4 Å². The minimum absolute atomic E-state index is 0.231. The number of rotatable bonds is 7. The number of hydrogen-bond donors (Lipinski definition) is 3. The molecule has 138 valence electrons. The first-order chi connectivity index (χ1) is 13.2. The van der Waals surface area contributed by atoms with Gasteiger partial charge >= 0.3 is 6.03 Å². The van der Waals surface area contributed by atoms with E-state index in [-0.39, 0.29) is 17.7 Å². The average Bonchev–Trinajstić information content (AvgIpc) is 3.23. The molecule has 3 rings (SSSR count). The Hall–Kier alpha value is -3.74. The van der Waals surface area contributed by atoms with Gasteiger partial charge in [0.05, 0.1) is 12.8 Å². The van der Waals surface area contributed by atoms with Crippen molar-refractivity contribution in [2.24, 2.45) is 0 Å². The van der Waals surface area contributed by atoms with Gasteiger partial charge in [-0.2, -0.15) is 0 Å². The van der Waals surface area contributed by atoms with E-state index in [0.29, 0.717) is 24.5 Å². The van der Waals surface area contributed by atoms with Crippen LogP contribution in [-0.4, -0.2) is 25.1 Å². The van der Waals surface area contributed by atoms with Crippen molar-refractivity contribution in [3.63, 3.8) is 0 Å². The van der Waals surface area contributed by atoms with Crippen LogP contribution in [0.1, 0.15) is 10.6 Å². The van der Waals surface area contributed by atoms with Gasteiger partial charge in [-0.05, 0) is 48.5 Å². The third-order valence-corrected chi connectivity index (χ3v) is 3.55. The molecule has 0 aliphatic heterocycles. The molecule has 1 heterocycles. The van der Waals surface area contributed by atoms with Crippen LogP contribution in [0.25, 0.3) is 0 Å². The van der Waals surface area contributed by atoms with E-state index in [9.17, 15) is 9.59 Å². The highest BCUT2D eigenvalue weighted by molar-refractivity contribution is 6.02. The van der Waals surface area contributed by atoms with Gasteiger partial charge in [0, 0.05) is 11.4 Å². The van der Waals surface area contributed by atoms with Crippen molar-refractivity contribution in [2.75, 3.05) is 23.8 Å². The second-order valence-electron chi connectivity index (χ2n) is 5.55. The third kappa shape index (κ3) is 5.64. The Morgan fingerprint density at radius 3 is 2.22 bits per heavy atom. The molecule has 0 saturated carbocycles. The zero-order valence-corrected chi connectivity index (χ0v) is 14.5. The number of furan rings is 1. The first-order valence-electron chi connectivity index (χ1n) is 8.38. The average molecular weight is 365 g/mol. The second kappa shape index (κ2) is 9.10. The molecule has 0 bridgehead atoms. The zero-order chi connectivity index (χ0) is 18.9. The Kier molecular flexibility index (Phi) is 6.08. The first kappa shape index (κ1) is 18.1. The van der Waals surface area contributed by atoms with Crippen LogP contribution in [0.2, 0.25) is 0 Å². The maximum Gasteiger partial charge on any atom is 0.319 e. The van der Waals surface area contributed by atoms with Gasteiger partial charge in [-0.25, -0.2) is 4.79 Å². The number of carbonyl (C=O) groups is 2. The van der Waals surface area contributed by atoms with Crippen molar-refractivity contribution in [3.05, 3.63) is 78.8 Å². The summed E-state index contributed by atoms with van der Waals surface area (Å²) in [7, 11) is 0. The topological polar surface area (TPSA) is 92.6 Å². The Labute approximate surface area is 156 Å². The van der Waals surface area contributed by atoms with Gasteiger partial charge in [0.1, 0.15) is 12.4 Å². The number of amides is 3. The molecule has 27 heavy (non-hydrogen) atoms. The Morgan fingerprint density at radius 2 is 1.56 bits per heavy atom.